The number of carbonyl (C=O) groups is 1. The van der Waals surface area contributed by atoms with Crippen molar-refractivity contribution in [2.75, 3.05) is 32.6 Å². The first kappa shape index (κ1) is 14.4. The van der Waals surface area contributed by atoms with Gasteiger partial charge in [0, 0.05) is 33.2 Å². The Balaban J connectivity index is 2.93. The third-order valence-corrected chi connectivity index (χ3v) is 3.03. The molecule has 1 aromatic heterocycles. The summed E-state index contributed by atoms with van der Waals surface area (Å²) in [6.07, 6.45) is 0. The Morgan fingerprint density at radius 1 is 1.28 bits per heavy atom. The van der Waals surface area contributed by atoms with Crippen LogP contribution < -0.4 is 10.6 Å². The molecule has 0 aliphatic heterocycles. The van der Waals surface area contributed by atoms with E-state index in [0.717, 1.165) is 0 Å². The van der Waals surface area contributed by atoms with E-state index in [1.54, 1.807) is 26.2 Å². The number of anilines is 1. The van der Waals surface area contributed by atoms with Crippen molar-refractivity contribution in [3.05, 3.63) is 17.8 Å². The van der Waals surface area contributed by atoms with E-state index >= 15 is 0 Å². The molecule has 6 heteroatoms. The quantitative estimate of drug-likeness (QED) is 0.836. The number of aromatic nitrogens is 2. The van der Waals surface area contributed by atoms with Gasteiger partial charge in [-0.25, -0.2) is 0 Å². The minimum atomic E-state index is -0.207. The normalized spacial score (nSPS) is 11.2. The van der Waals surface area contributed by atoms with Crippen LogP contribution in [0, 0.1) is 0 Å². The van der Waals surface area contributed by atoms with Crippen LogP contribution in [0.1, 0.15) is 24.3 Å². The molecule has 0 saturated carbocycles. The molecular formula is C12H21N5O. The van der Waals surface area contributed by atoms with Gasteiger partial charge >= 0.3 is 0 Å². The highest BCUT2D eigenvalue weighted by Gasteiger charge is 2.23. The number of nitrogens with two attached hydrogens (primary N) is 1. The summed E-state index contributed by atoms with van der Waals surface area (Å²) in [4.78, 5) is 15.1. The van der Waals surface area contributed by atoms with Gasteiger partial charge in [0.2, 0.25) is 0 Å². The number of carbonyl (C=O) groups excluding carboxylic acids is 1. The maximum absolute atomic E-state index is 11.7. The van der Waals surface area contributed by atoms with Crippen molar-refractivity contribution in [1.82, 2.24) is 15.1 Å². The lowest BCUT2D eigenvalue weighted by molar-refractivity contribution is 0.0821. The van der Waals surface area contributed by atoms with E-state index in [4.69, 9.17) is 5.73 Å². The summed E-state index contributed by atoms with van der Waals surface area (Å²) in [7, 11) is 5.27. The second-order valence-electron chi connectivity index (χ2n) is 5.05. The fourth-order valence-electron chi connectivity index (χ4n) is 1.29. The average Bonchev–Trinajstić information content (AvgIpc) is 2.37. The summed E-state index contributed by atoms with van der Waals surface area (Å²) < 4.78 is 0. The van der Waals surface area contributed by atoms with Gasteiger partial charge in [0.05, 0.1) is 0 Å². The molecule has 0 saturated heterocycles. The van der Waals surface area contributed by atoms with Crippen LogP contribution in [0.15, 0.2) is 12.1 Å². The van der Waals surface area contributed by atoms with Gasteiger partial charge in [-0.1, -0.05) is 0 Å². The number of nitrogens with zero attached hydrogens (tertiary/aromatic N) is 4. The molecule has 0 radical (unpaired) electrons. The van der Waals surface area contributed by atoms with E-state index in [-0.39, 0.29) is 11.4 Å². The number of hydrogen-bond acceptors (Lipinski definition) is 5. The van der Waals surface area contributed by atoms with Gasteiger partial charge in [-0.3, -0.25) is 4.79 Å². The molecule has 18 heavy (non-hydrogen) atoms. The van der Waals surface area contributed by atoms with E-state index in [2.05, 4.69) is 10.2 Å². The molecule has 1 aromatic rings. The first-order valence-corrected chi connectivity index (χ1v) is 5.79. The lowest BCUT2D eigenvalue weighted by Crippen LogP contribution is -2.47. The molecule has 0 unspecified atom stereocenters. The fourth-order valence-corrected chi connectivity index (χ4v) is 1.29. The van der Waals surface area contributed by atoms with Crippen LogP contribution in [0.25, 0.3) is 0 Å². The van der Waals surface area contributed by atoms with Crippen molar-refractivity contribution in [1.29, 1.82) is 0 Å². The SMILES string of the molecule is CN(C)C(=O)c1ccc(N(C)C(C)(C)CN)nn1. The summed E-state index contributed by atoms with van der Waals surface area (Å²) in [5, 5.41) is 8.01. The average molecular weight is 251 g/mol. The van der Waals surface area contributed by atoms with Crippen LogP contribution in [0.5, 0.6) is 0 Å². The lowest BCUT2D eigenvalue weighted by Gasteiger charge is -2.35. The molecule has 0 spiro atoms. The standard InChI is InChI=1S/C12H21N5O/c1-12(2,8-13)17(5)10-7-6-9(14-15-10)11(18)16(3)4/h6-7H,8,13H2,1-5H3. The molecule has 0 aliphatic carbocycles. The van der Waals surface area contributed by atoms with Gasteiger partial charge in [-0.15, -0.1) is 10.2 Å². The Hall–Kier alpha value is -1.69. The van der Waals surface area contributed by atoms with Crippen LogP contribution in [0.4, 0.5) is 5.82 Å². The third kappa shape index (κ3) is 2.95. The molecule has 1 rings (SSSR count). The number of likely N-dealkylation sites (N-methyl/N-ethyl adjacent to an activating group) is 1. The van der Waals surface area contributed by atoms with Gasteiger partial charge in [0.25, 0.3) is 5.91 Å². The van der Waals surface area contributed by atoms with Crippen molar-refractivity contribution in [2.45, 2.75) is 19.4 Å². The maximum atomic E-state index is 11.7. The predicted molar refractivity (Wildman–Crippen MR) is 71.6 cm³/mol. The molecule has 6 nitrogen and oxygen atoms in total. The molecule has 1 heterocycles. The first-order chi connectivity index (χ1) is 8.29. The van der Waals surface area contributed by atoms with Crippen molar-refractivity contribution < 1.29 is 4.79 Å². The van der Waals surface area contributed by atoms with Gasteiger partial charge in [-0.2, -0.15) is 0 Å². The predicted octanol–water partition coefficient (Wildman–Crippen LogP) is 0.352. The molecule has 0 atom stereocenters. The molecular weight excluding hydrogens is 230 g/mol. The lowest BCUT2D eigenvalue weighted by atomic mass is 10.0. The Bertz CT molecular complexity index is 413. The van der Waals surface area contributed by atoms with Crippen LogP contribution in [0.2, 0.25) is 0 Å². The maximum Gasteiger partial charge on any atom is 0.273 e. The number of amides is 1. The van der Waals surface area contributed by atoms with Crippen molar-refractivity contribution >= 4 is 11.7 Å². The zero-order valence-electron chi connectivity index (χ0n) is 11.6. The zero-order chi connectivity index (χ0) is 13.9. The van der Waals surface area contributed by atoms with E-state index < -0.39 is 0 Å². The van der Waals surface area contributed by atoms with Gasteiger partial charge < -0.3 is 15.5 Å². The second-order valence-corrected chi connectivity index (χ2v) is 5.05. The molecule has 0 aliphatic rings. The van der Waals surface area contributed by atoms with Crippen LogP contribution in [0.3, 0.4) is 0 Å². The van der Waals surface area contributed by atoms with Gasteiger partial charge in [0.15, 0.2) is 11.5 Å². The molecule has 2 N–H and O–H groups in total. The summed E-state index contributed by atoms with van der Waals surface area (Å²) in [6, 6.07) is 3.45. The topological polar surface area (TPSA) is 75.4 Å². The number of rotatable bonds is 4. The summed E-state index contributed by atoms with van der Waals surface area (Å²) in [5.41, 5.74) is 5.84. The summed E-state index contributed by atoms with van der Waals surface area (Å²) in [5.74, 6) is 0.538. The fraction of sp³-hybridized carbons (Fsp3) is 0.583. The minimum absolute atomic E-state index is 0.158. The zero-order valence-corrected chi connectivity index (χ0v) is 11.6. The van der Waals surface area contributed by atoms with Gasteiger partial charge in [0.1, 0.15) is 0 Å². The highest BCUT2D eigenvalue weighted by Crippen LogP contribution is 2.18. The molecule has 0 fully saturated rings. The molecule has 100 valence electrons. The van der Waals surface area contributed by atoms with E-state index in [1.165, 1.54) is 4.90 Å². The van der Waals surface area contributed by atoms with Crippen molar-refractivity contribution in [3.8, 4) is 0 Å². The Morgan fingerprint density at radius 2 is 1.89 bits per heavy atom. The summed E-state index contributed by atoms with van der Waals surface area (Å²) >= 11 is 0. The Labute approximate surface area is 108 Å². The van der Waals surface area contributed by atoms with Crippen LogP contribution in [-0.2, 0) is 0 Å². The molecule has 0 bridgehead atoms. The highest BCUT2D eigenvalue weighted by molar-refractivity contribution is 5.91. The smallest absolute Gasteiger partial charge is 0.273 e. The van der Waals surface area contributed by atoms with E-state index in [9.17, 15) is 4.79 Å². The van der Waals surface area contributed by atoms with Gasteiger partial charge in [-0.05, 0) is 26.0 Å². The Kier molecular flexibility index (Phi) is 4.24. The summed E-state index contributed by atoms with van der Waals surface area (Å²) in [6.45, 7) is 4.55. The van der Waals surface area contributed by atoms with Crippen molar-refractivity contribution in [3.63, 3.8) is 0 Å². The monoisotopic (exact) mass is 251 g/mol. The van der Waals surface area contributed by atoms with Crippen LogP contribution in [-0.4, -0.2) is 54.2 Å². The van der Waals surface area contributed by atoms with Crippen LogP contribution >= 0.6 is 0 Å². The van der Waals surface area contributed by atoms with E-state index in [1.807, 2.05) is 25.8 Å². The Morgan fingerprint density at radius 3 is 2.28 bits per heavy atom. The second kappa shape index (κ2) is 5.30. The third-order valence-electron chi connectivity index (χ3n) is 3.03. The first-order valence-electron chi connectivity index (χ1n) is 5.79. The minimum Gasteiger partial charge on any atom is -0.352 e. The molecule has 0 aromatic carbocycles. The van der Waals surface area contributed by atoms with E-state index in [0.29, 0.717) is 18.1 Å². The largest absolute Gasteiger partial charge is 0.352 e. The molecule has 1 amide bonds. The highest BCUT2D eigenvalue weighted by atomic mass is 16.2. The number of hydrogen-bond donors (Lipinski definition) is 1. The van der Waals surface area contributed by atoms with Crippen molar-refractivity contribution in [2.24, 2.45) is 5.73 Å².